The fourth-order valence-electron chi connectivity index (χ4n) is 3.59. The lowest BCUT2D eigenvalue weighted by atomic mass is 10.2. The molecule has 1 aliphatic heterocycles. The lowest BCUT2D eigenvalue weighted by Crippen LogP contribution is -2.40. The summed E-state index contributed by atoms with van der Waals surface area (Å²) >= 11 is 1.75. The molecule has 33 heavy (non-hydrogen) atoms. The third-order valence-electron chi connectivity index (χ3n) is 5.29. The van der Waals surface area contributed by atoms with E-state index in [0.717, 1.165) is 39.2 Å². The highest BCUT2D eigenvalue weighted by atomic mass is 32.2. The summed E-state index contributed by atoms with van der Waals surface area (Å²) in [6, 6.07) is 28.7. The van der Waals surface area contributed by atoms with Crippen molar-refractivity contribution in [1.82, 2.24) is 25.9 Å². The Morgan fingerprint density at radius 3 is 2.33 bits per heavy atom. The molecule has 1 aromatic heterocycles. The zero-order chi connectivity index (χ0) is 22.5. The van der Waals surface area contributed by atoms with E-state index in [0.29, 0.717) is 6.54 Å². The van der Waals surface area contributed by atoms with E-state index in [-0.39, 0.29) is 0 Å². The maximum absolute atomic E-state index is 5.27. The molecule has 2 heterocycles. The van der Waals surface area contributed by atoms with Gasteiger partial charge in [-0.3, -0.25) is 5.01 Å². The Bertz CT molecular complexity index is 1230. The van der Waals surface area contributed by atoms with Gasteiger partial charge in [0.05, 0.1) is 31.1 Å². The van der Waals surface area contributed by atoms with Crippen LogP contribution in [0.4, 0.5) is 0 Å². The molecule has 0 radical (unpaired) electrons. The van der Waals surface area contributed by atoms with Crippen molar-refractivity contribution in [1.29, 1.82) is 0 Å². The van der Waals surface area contributed by atoms with Crippen LogP contribution in [-0.4, -0.2) is 27.7 Å². The Balaban J connectivity index is 1.45. The number of thioether (sulfide) groups is 1. The summed E-state index contributed by atoms with van der Waals surface area (Å²) in [5.74, 6) is 2.46. The van der Waals surface area contributed by atoms with Crippen molar-refractivity contribution in [2.45, 2.75) is 17.3 Å². The standard InChI is InChI=1S/C25H24N6OS/c1-32-22-14-12-19(13-15-22)17-30-24(27-28-29-30)23-16-26-31(21-10-6-3-7-11-21)25(23)33-18-20-8-4-2-5-9-20/h2-16,28-29H,17-18H2,1H3. The number of para-hydroxylation sites is 1. The zero-order valence-corrected chi connectivity index (χ0v) is 19.0. The van der Waals surface area contributed by atoms with Crippen molar-refractivity contribution in [3.05, 3.63) is 108 Å². The molecule has 0 atom stereocenters. The first-order valence-electron chi connectivity index (χ1n) is 10.6. The Kier molecular flexibility index (Phi) is 6.27. The molecule has 0 saturated heterocycles. The van der Waals surface area contributed by atoms with Gasteiger partial charge in [0.1, 0.15) is 10.8 Å². The van der Waals surface area contributed by atoms with Crippen molar-refractivity contribution in [2.24, 2.45) is 5.10 Å². The van der Waals surface area contributed by atoms with Crippen LogP contribution in [0.1, 0.15) is 16.7 Å². The summed E-state index contributed by atoms with van der Waals surface area (Å²) < 4.78 is 7.26. The number of hydrogen-bond donors (Lipinski definition) is 2. The van der Waals surface area contributed by atoms with Gasteiger partial charge in [-0.2, -0.15) is 5.10 Å². The van der Waals surface area contributed by atoms with Crippen molar-refractivity contribution >= 4 is 17.6 Å². The Morgan fingerprint density at radius 1 is 0.879 bits per heavy atom. The molecule has 7 nitrogen and oxygen atoms in total. The Labute approximate surface area is 197 Å². The molecule has 0 saturated carbocycles. The van der Waals surface area contributed by atoms with E-state index in [4.69, 9.17) is 9.84 Å². The summed E-state index contributed by atoms with van der Waals surface area (Å²) in [7, 11) is 1.67. The molecule has 0 aliphatic carbocycles. The van der Waals surface area contributed by atoms with Gasteiger partial charge in [-0.15, -0.1) is 22.4 Å². The van der Waals surface area contributed by atoms with E-state index in [1.165, 1.54) is 5.56 Å². The van der Waals surface area contributed by atoms with E-state index in [9.17, 15) is 0 Å². The molecule has 0 unspecified atom stereocenters. The van der Waals surface area contributed by atoms with Gasteiger partial charge in [0.2, 0.25) is 0 Å². The molecule has 166 valence electrons. The maximum Gasteiger partial charge on any atom is 0.177 e. The van der Waals surface area contributed by atoms with Crippen LogP contribution >= 0.6 is 11.8 Å². The van der Waals surface area contributed by atoms with Gasteiger partial charge in [-0.05, 0) is 35.4 Å². The number of nitrogens with zero attached hydrogens (tertiary/aromatic N) is 4. The quantitative estimate of drug-likeness (QED) is 0.384. The molecular formula is C25H24N6OS. The number of benzene rings is 3. The zero-order valence-electron chi connectivity index (χ0n) is 18.2. The second kappa shape index (κ2) is 9.81. The molecule has 0 spiro atoms. The number of hydrazine groups is 2. The highest BCUT2D eigenvalue weighted by Crippen LogP contribution is 2.30. The van der Waals surface area contributed by atoms with Gasteiger partial charge in [0.25, 0.3) is 0 Å². The molecule has 2 N–H and O–H groups in total. The van der Waals surface area contributed by atoms with Crippen LogP contribution in [0.3, 0.4) is 0 Å². The molecule has 3 aromatic carbocycles. The van der Waals surface area contributed by atoms with Crippen molar-refractivity contribution < 1.29 is 4.74 Å². The van der Waals surface area contributed by atoms with Crippen molar-refractivity contribution in [2.75, 3.05) is 7.11 Å². The largest absolute Gasteiger partial charge is 0.497 e. The number of amidine groups is 1. The van der Waals surface area contributed by atoms with Crippen LogP contribution in [-0.2, 0) is 12.3 Å². The molecule has 4 aromatic rings. The van der Waals surface area contributed by atoms with Gasteiger partial charge in [0, 0.05) is 5.75 Å². The fraction of sp³-hybridized carbons (Fsp3) is 0.120. The summed E-state index contributed by atoms with van der Waals surface area (Å²) in [5.41, 5.74) is 10.4. The molecule has 0 fully saturated rings. The predicted octanol–water partition coefficient (Wildman–Crippen LogP) is 4.36. The Hall–Kier alpha value is -3.75. The first-order valence-corrected chi connectivity index (χ1v) is 11.6. The minimum atomic E-state index is 0.634. The van der Waals surface area contributed by atoms with Gasteiger partial charge in [-0.1, -0.05) is 60.7 Å². The SMILES string of the molecule is COc1ccc(CN2NNN=C2c2cnn(-c3ccccc3)c2SCc2ccccc2)cc1. The summed E-state index contributed by atoms with van der Waals surface area (Å²) in [6.45, 7) is 0.634. The summed E-state index contributed by atoms with van der Waals surface area (Å²) in [6.07, 6.45) is 1.88. The highest BCUT2D eigenvalue weighted by Gasteiger charge is 2.25. The van der Waals surface area contributed by atoms with Crippen LogP contribution in [0.25, 0.3) is 5.69 Å². The van der Waals surface area contributed by atoms with Gasteiger partial charge in [-0.25, -0.2) is 10.2 Å². The third-order valence-corrected chi connectivity index (χ3v) is 6.43. The number of aromatic nitrogens is 2. The summed E-state index contributed by atoms with van der Waals surface area (Å²) in [5, 5.41) is 12.3. The van der Waals surface area contributed by atoms with Crippen LogP contribution < -0.4 is 15.8 Å². The smallest absolute Gasteiger partial charge is 0.177 e. The fourth-order valence-corrected chi connectivity index (χ4v) is 4.66. The topological polar surface area (TPSA) is 66.7 Å². The lowest BCUT2D eigenvalue weighted by molar-refractivity contribution is 0.287. The van der Waals surface area contributed by atoms with E-state index in [2.05, 4.69) is 64.7 Å². The average molecular weight is 457 g/mol. The maximum atomic E-state index is 5.27. The van der Waals surface area contributed by atoms with Crippen molar-refractivity contribution in [3.63, 3.8) is 0 Å². The second-order valence-corrected chi connectivity index (χ2v) is 8.44. The first kappa shape index (κ1) is 21.1. The summed E-state index contributed by atoms with van der Waals surface area (Å²) in [4.78, 5) is 0. The third kappa shape index (κ3) is 4.72. The number of nitrogens with one attached hydrogen (secondary N) is 2. The number of hydrazone groups is 1. The van der Waals surface area contributed by atoms with Gasteiger partial charge < -0.3 is 4.74 Å². The van der Waals surface area contributed by atoms with Gasteiger partial charge in [0.15, 0.2) is 5.84 Å². The van der Waals surface area contributed by atoms with Crippen LogP contribution in [0.2, 0.25) is 0 Å². The van der Waals surface area contributed by atoms with E-state index in [1.54, 1.807) is 18.9 Å². The minimum Gasteiger partial charge on any atom is -0.497 e. The molecule has 0 amide bonds. The van der Waals surface area contributed by atoms with Crippen LogP contribution in [0.5, 0.6) is 5.75 Å². The minimum absolute atomic E-state index is 0.634. The Morgan fingerprint density at radius 2 is 1.61 bits per heavy atom. The van der Waals surface area contributed by atoms with Crippen LogP contribution in [0.15, 0.2) is 101 Å². The van der Waals surface area contributed by atoms with Crippen molar-refractivity contribution in [3.8, 4) is 11.4 Å². The van der Waals surface area contributed by atoms with E-state index >= 15 is 0 Å². The van der Waals surface area contributed by atoms with E-state index in [1.807, 2.05) is 52.3 Å². The molecular weight excluding hydrogens is 432 g/mol. The molecule has 0 bridgehead atoms. The van der Waals surface area contributed by atoms with E-state index < -0.39 is 0 Å². The normalized spacial score (nSPS) is 13.0. The monoisotopic (exact) mass is 456 g/mol. The van der Waals surface area contributed by atoms with Gasteiger partial charge >= 0.3 is 0 Å². The number of hydrogen-bond acceptors (Lipinski definition) is 7. The molecule has 1 aliphatic rings. The first-order chi connectivity index (χ1) is 16.3. The van der Waals surface area contributed by atoms with Crippen LogP contribution in [0, 0.1) is 0 Å². The number of ether oxygens (including phenoxy) is 1. The lowest BCUT2D eigenvalue weighted by Gasteiger charge is -2.19. The second-order valence-electron chi connectivity index (χ2n) is 7.48. The predicted molar refractivity (Wildman–Crippen MR) is 131 cm³/mol. The average Bonchev–Trinajstić information content (AvgIpc) is 3.51. The highest BCUT2D eigenvalue weighted by molar-refractivity contribution is 7.98. The molecule has 5 rings (SSSR count). The number of rotatable bonds is 8. The molecule has 8 heteroatoms. The number of methoxy groups -OCH3 is 1.